The Labute approximate surface area is 112 Å². The summed E-state index contributed by atoms with van der Waals surface area (Å²) in [6.45, 7) is 3.56. The van der Waals surface area contributed by atoms with E-state index < -0.39 is 0 Å². The Kier molecular flexibility index (Phi) is 4.47. The van der Waals surface area contributed by atoms with Crippen LogP contribution in [-0.4, -0.2) is 18.6 Å². The normalized spacial score (nSPS) is 10.5. The lowest BCUT2D eigenvalue weighted by Crippen LogP contribution is -2.12. The van der Waals surface area contributed by atoms with Crippen molar-refractivity contribution in [3.63, 3.8) is 0 Å². The first-order valence-corrected chi connectivity index (χ1v) is 6.24. The molecule has 1 N–H and O–H groups in total. The molecule has 100 valence electrons. The van der Waals surface area contributed by atoms with Crippen molar-refractivity contribution in [1.29, 1.82) is 0 Å². The summed E-state index contributed by atoms with van der Waals surface area (Å²) in [4.78, 5) is 4.31. The SMILES string of the molecule is CCNCc1ccc(F)cc1-c1ncccc1OC. The van der Waals surface area contributed by atoms with Crippen LogP contribution in [0, 0.1) is 5.82 Å². The van der Waals surface area contributed by atoms with Crippen LogP contribution in [0.3, 0.4) is 0 Å². The van der Waals surface area contributed by atoms with Gasteiger partial charge in [0.2, 0.25) is 0 Å². The summed E-state index contributed by atoms with van der Waals surface area (Å²) in [6, 6.07) is 8.36. The molecular weight excluding hydrogens is 243 g/mol. The zero-order chi connectivity index (χ0) is 13.7. The summed E-state index contributed by atoms with van der Waals surface area (Å²) < 4.78 is 18.8. The van der Waals surface area contributed by atoms with Crippen LogP contribution in [0.4, 0.5) is 4.39 Å². The van der Waals surface area contributed by atoms with Crippen LogP contribution >= 0.6 is 0 Å². The van der Waals surface area contributed by atoms with Gasteiger partial charge >= 0.3 is 0 Å². The second kappa shape index (κ2) is 6.29. The monoisotopic (exact) mass is 260 g/mol. The Morgan fingerprint density at radius 1 is 1.32 bits per heavy atom. The number of rotatable bonds is 5. The van der Waals surface area contributed by atoms with Crippen molar-refractivity contribution in [2.75, 3.05) is 13.7 Å². The molecule has 2 aromatic rings. The molecule has 19 heavy (non-hydrogen) atoms. The minimum atomic E-state index is -0.275. The quantitative estimate of drug-likeness (QED) is 0.897. The highest BCUT2D eigenvalue weighted by atomic mass is 19.1. The van der Waals surface area contributed by atoms with Crippen molar-refractivity contribution < 1.29 is 9.13 Å². The van der Waals surface area contributed by atoms with Gasteiger partial charge in [-0.05, 0) is 36.4 Å². The van der Waals surface area contributed by atoms with Gasteiger partial charge in [-0.1, -0.05) is 13.0 Å². The lowest BCUT2D eigenvalue weighted by atomic mass is 10.0. The number of aromatic nitrogens is 1. The Bertz CT molecular complexity index is 558. The number of ether oxygens (including phenoxy) is 1. The summed E-state index contributed by atoms with van der Waals surface area (Å²) in [7, 11) is 1.59. The lowest BCUT2D eigenvalue weighted by molar-refractivity contribution is 0.414. The number of pyridine rings is 1. The summed E-state index contributed by atoms with van der Waals surface area (Å²) in [5, 5.41) is 3.24. The molecule has 0 unspecified atom stereocenters. The van der Waals surface area contributed by atoms with E-state index in [1.165, 1.54) is 12.1 Å². The first kappa shape index (κ1) is 13.5. The van der Waals surface area contributed by atoms with Gasteiger partial charge in [-0.15, -0.1) is 0 Å². The molecular formula is C15H17FN2O. The number of nitrogens with zero attached hydrogens (tertiary/aromatic N) is 1. The van der Waals surface area contributed by atoms with Crippen LogP contribution in [-0.2, 0) is 6.54 Å². The maximum Gasteiger partial charge on any atom is 0.145 e. The molecule has 0 radical (unpaired) electrons. The standard InChI is InChI=1S/C15H17FN2O/c1-3-17-10-11-6-7-12(16)9-13(11)15-14(19-2)5-4-8-18-15/h4-9,17H,3,10H2,1-2H3. The van der Waals surface area contributed by atoms with E-state index in [2.05, 4.69) is 10.3 Å². The van der Waals surface area contributed by atoms with Crippen molar-refractivity contribution in [2.24, 2.45) is 0 Å². The van der Waals surface area contributed by atoms with E-state index in [0.717, 1.165) is 17.7 Å². The van der Waals surface area contributed by atoms with E-state index >= 15 is 0 Å². The third kappa shape index (κ3) is 3.09. The van der Waals surface area contributed by atoms with Crippen LogP contribution in [0.15, 0.2) is 36.5 Å². The Morgan fingerprint density at radius 2 is 2.16 bits per heavy atom. The summed E-state index contributed by atoms with van der Waals surface area (Å²) in [5.74, 6) is 0.369. The minimum Gasteiger partial charge on any atom is -0.494 e. The van der Waals surface area contributed by atoms with Crippen molar-refractivity contribution in [1.82, 2.24) is 10.3 Å². The van der Waals surface area contributed by atoms with Gasteiger partial charge in [0.25, 0.3) is 0 Å². The zero-order valence-electron chi connectivity index (χ0n) is 11.1. The van der Waals surface area contributed by atoms with Gasteiger partial charge in [0.15, 0.2) is 0 Å². The van der Waals surface area contributed by atoms with Gasteiger partial charge in [0.05, 0.1) is 7.11 Å². The highest BCUT2D eigenvalue weighted by Gasteiger charge is 2.12. The van der Waals surface area contributed by atoms with E-state index in [4.69, 9.17) is 4.74 Å². The molecule has 2 rings (SSSR count). The predicted octanol–water partition coefficient (Wildman–Crippen LogP) is 3.01. The van der Waals surface area contributed by atoms with Gasteiger partial charge in [-0.3, -0.25) is 4.98 Å². The number of benzene rings is 1. The highest BCUT2D eigenvalue weighted by molar-refractivity contribution is 5.69. The molecule has 4 heteroatoms. The summed E-state index contributed by atoms with van der Waals surface area (Å²) in [6.07, 6.45) is 1.68. The van der Waals surface area contributed by atoms with Crippen molar-refractivity contribution in [3.05, 3.63) is 47.9 Å². The minimum absolute atomic E-state index is 0.275. The van der Waals surface area contributed by atoms with Gasteiger partial charge in [0.1, 0.15) is 17.3 Å². The molecule has 0 fully saturated rings. The molecule has 1 heterocycles. The first-order valence-electron chi connectivity index (χ1n) is 6.24. The van der Waals surface area contributed by atoms with Crippen LogP contribution in [0.2, 0.25) is 0 Å². The third-order valence-corrected chi connectivity index (χ3v) is 2.88. The fourth-order valence-electron chi connectivity index (χ4n) is 1.94. The molecule has 1 aromatic carbocycles. The van der Waals surface area contributed by atoms with Crippen molar-refractivity contribution in [3.8, 4) is 17.0 Å². The van der Waals surface area contributed by atoms with Gasteiger partial charge in [-0.2, -0.15) is 0 Å². The van der Waals surface area contributed by atoms with Gasteiger partial charge in [-0.25, -0.2) is 4.39 Å². The average Bonchev–Trinajstić information content (AvgIpc) is 2.46. The fraction of sp³-hybridized carbons (Fsp3) is 0.267. The van der Waals surface area contributed by atoms with Crippen molar-refractivity contribution in [2.45, 2.75) is 13.5 Å². The van der Waals surface area contributed by atoms with Crippen LogP contribution in [0.25, 0.3) is 11.3 Å². The summed E-state index contributed by atoms with van der Waals surface area (Å²) >= 11 is 0. The van der Waals surface area contributed by atoms with E-state index in [1.807, 2.05) is 13.0 Å². The molecule has 0 bridgehead atoms. The van der Waals surface area contributed by atoms with E-state index in [9.17, 15) is 4.39 Å². The molecule has 0 aliphatic rings. The van der Waals surface area contributed by atoms with E-state index in [1.54, 1.807) is 25.4 Å². The topological polar surface area (TPSA) is 34.2 Å². The smallest absolute Gasteiger partial charge is 0.145 e. The number of halogens is 1. The Balaban J connectivity index is 2.49. The molecule has 0 saturated carbocycles. The lowest BCUT2D eigenvalue weighted by Gasteiger charge is -2.12. The zero-order valence-corrected chi connectivity index (χ0v) is 11.1. The predicted molar refractivity (Wildman–Crippen MR) is 73.6 cm³/mol. The number of nitrogens with one attached hydrogen (secondary N) is 1. The van der Waals surface area contributed by atoms with E-state index in [0.29, 0.717) is 18.0 Å². The largest absolute Gasteiger partial charge is 0.494 e. The Morgan fingerprint density at radius 3 is 2.89 bits per heavy atom. The van der Waals surface area contributed by atoms with E-state index in [-0.39, 0.29) is 5.82 Å². The average molecular weight is 260 g/mol. The first-order chi connectivity index (χ1) is 9.26. The second-order valence-electron chi connectivity index (χ2n) is 4.14. The molecule has 0 saturated heterocycles. The van der Waals surface area contributed by atoms with Crippen LogP contribution < -0.4 is 10.1 Å². The fourth-order valence-corrected chi connectivity index (χ4v) is 1.94. The van der Waals surface area contributed by atoms with Crippen LogP contribution in [0.1, 0.15) is 12.5 Å². The molecule has 0 aliphatic heterocycles. The molecule has 0 spiro atoms. The maximum absolute atomic E-state index is 13.5. The molecule has 0 aliphatic carbocycles. The van der Waals surface area contributed by atoms with Gasteiger partial charge < -0.3 is 10.1 Å². The van der Waals surface area contributed by atoms with Gasteiger partial charge in [0, 0.05) is 18.3 Å². The molecule has 0 amide bonds. The molecule has 1 aromatic heterocycles. The number of hydrogen-bond acceptors (Lipinski definition) is 3. The third-order valence-electron chi connectivity index (χ3n) is 2.88. The number of methoxy groups -OCH3 is 1. The highest BCUT2D eigenvalue weighted by Crippen LogP contribution is 2.30. The summed E-state index contributed by atoms with van der Waals surface area (Å²) in [5.41, 5.74) is 2.43. The number of hydrogen-bond donors (Lipinski definition) is 1. The van der Waals surface area contributed by atoms with Crippen molar-refractivity contribution >= 4 is 0 Å². The second-order valence-corrected chi connectivity index (χ2v) is 4.14. The Hall–Kier alpha value is -1.94. The molecule has 0 atom stereocenters. The maximum atomic E-state index is 13.5. The molecule has 3 nitrogen and oxygen atoms in total. The van der Waals surface area contributed by atoms with Crippen LogP contribution in [0.5, 0.6) is 5.75 Å².